The highest BCUT2D eigenvalue weighted by Gasteiger charge is 2.21. The van der Waals surface area contributed by atoms with Gasteiger partial charge in [0.1, 0.15) is 0 Å². The van der Waals surface area contributed by atoms with Gasteiger partial charge in [-0.3, -0.25) is 4.98 Å². The molecule has 0 bridgehead atoms. The van der Waals surface area contributed by atoms with Crippen LogP contribution in [0.4, 0.5) is 5.82 Å². The molecular formula is C12H18ClN3O. The number of alkyl halides is 1. The standard InChI is InChI=1S/C12H18ClN3O/c1-17-12-9-14-8-11(15-12)16-6-4-2-3-5-10(16)7-13/h8-10H,2-7H2,1H3. The molecule has 0 spiro atoms. The highest BCUT2D eigenvalue weighted by Crippen LogP contribution is 2.24. The minimum Gasteiger partial charge on any atom is -0.480 e. The quantitative estimate of drug-likeness (QED) is 0.778. The van der Waals surface area contributed by atoms with E-state index in [0.717, 1.165) is 18.8 Å². The molecule has 1 aromatic rings. The maximum Gasteiger partial charge on any atom is 0.233 e. The van der Waals surface area contributed by atoms with Crippen molar-refractivity contribution >= 4 is 17.4 Å². The lowest BCUT2D eigenvalue weighted by atomic mass is 10.1. The van der Waals surface area contributed by atoms with E-state index in [2.05, 4.69) is 14.9 Å². The summed E-state index contributed by atoms with van der Waals surface area (Å²) in [5, 5.41) is 0. The Kier molecular flexibility index (Phi) is 4.42. The molecular weight excluding hydrogens is 238 g/mol. The van der Waals surface area contributed by atoms with E-state index >= 15 is 0 Å². The van der Waals surface area contributed by atoms with E-state index in [1.807, 2.05) is 0 Å². The van der Waals surface area contributed by atoms with Crippen molar-refractivity contribution < 1.29 is 4.74 Å². The fourth-order valence-corrected chi connectivity index (χ4v) is 2.54. The first-order valence-electron chi connectivity index (χ1n) is 6.04. The van der Waals surface area contributed by atoms with E-state index in [4.69, 9.17) is 16.3 Å². The number of halogens is 1. The third kappa shape index (κ3) is 3.00. The molecule has 0 radical (unpaired) electrons. The monoisotopic (exact) mass is 255 g/mol. The molecule has 4 nitrogen and oxygen atoms in total. The molecule has 1 aromatic heterocycles. The van der Waals surface area contributed by atoms with Crippen LogP contribution in [0, 0.1) is 0 Å². The summed E-state index contributed by atoms with van der Waals surface area (Å²) in [6, 6.07) is 0.362. The Bertz CT molecular complexity index is 361. The molecule has 1 saturated heterocycles. The average Bonchev–Trinajstić information content (AvgIpc) is 2.63. The maximum absolute atomic E-state index is 6.05. The summed E-state index contributed by atoms with van der Waals surface area (Å²) in [4.78, 5) is 10.9. The Hall–Kier alpha value is -1.03. The fourth-order valence-electron chi connectivity index (χ4n) is 2.21. The molecule has 1 atom stereocenters. The van der Waals surface area contributed by atoms with Gasteiger partial charge in [-0.1, -0.05) is 12.8 Å². The molecule has 1 aliphatic heterocycles. The lowest BCUT2D eigenvalue weighted by Gasteiger charge is -2.29. The molecule has 17 heavy (non-hydrogen) atoms. The molecule has 0 aliphatic carbocycles. The number of aromatic nitrogens is 2. The lowest BCUT2D eigenvalue weighted by Crippen LogP contribution is -2.36. The second-order valence-electron chi connectivity index (χ2n) is 4.27. The van der Waals surface area contributed by atoms with Crippen molar-refractivity contribution in [2.75, 3.05) is 24.4 Å². The van der Waals surface area contributed by atoms with Gasteiger partial charge in [-0.05, 0) is 12.8 Å². The van der Waals surface area contributed by atoms with Crippen LogP contribution in [0.1, 0.15) is 25.7 Å². The van der Waals surface area contributed by atoms with E-state index < -0.39 is 0 Å². The summed E-state index contributed by atoms with van der Waals surface area (Å²) >= 11 is 6.05. The van der Waals surface area contributed by atoms with E-state index in [-0.39, 0.29) is 0 Å². The van der Waals surface area contributed by atoms with Crippen molar-refractivity contribution in [1.82, 2.24) is 9.97 Å². The Balaban J connectivity index is 2.21. The molecule has 94 valence electrons. The van der Waals surface area contributed by atoms with Gasteiger partial charge < -0.3 is 9.64 Å². The minimum atomic E-state index is 0.362. The van der Waals surface area contributed by atoms with Crippen molar-refractivity contribution in [1.29, 1.82) is 0 Å². The summed E-state index contributed by atoms with van der Waals surface area (Å²) < 4.78 is 5.11. The van der Waals surface area contributed by atoms with E-state index in [1.54, 1.807) is 19.5 Å². The third-order valence-corrected chi connectivity index (χ3v) is 3.51. The van der Waals surface area contributed by atoms with Crippen LogP contribution < -0.4 is 9.64 Å². The van der Waals surface area contributed by atoms with Crippen molar-refractivity contribution in [3.8, 4) is 5.88 Å². The van der Waals surface area contributed by atoms with Gasteiger partial charge in [0.25, 0.3) is 0 Å². The Morgan fingerprint density at radius 2 is 2.29 bits per heavy atom. The average molecular weight is 256 g/mol. The number of methoxy groups -OCH3 is 1. The molecule has 2 heterocycles. The largest absolute Gasteiger partial charge is 0.480 e. The second-order valence-corrected chi connectivity index (χ2v) is 4.58. The van der Waals surface area contributed by atoms with Crippen molar-refractivity contribution in [2.45, 2.75) is 31.7 Å². The fraction of sp³-hybridized carbons (Fsp3) is 0.667. The van der Waals surface area contributed by atoms with Gasteiger partial charge in [0, 0.05) is 18.5 Å². The summed E-state index contributed by atoms with van der Waals surface area (Å²) in [7, 11) is 1.61. The lowest BCUT2D eigenvalue weighted by molar-refractivity contribution is 0.395. The van der Waals surface area contributed by atoms with Crippen LogP contribution in [0.25, 0.3) is 0 Å². The summed E-state index contributed by atoms with van der Waals surface area (Å²) in [6.45, 7) is 0.999. The molecule has 0 N–H and O–H groups in total. The highest BCUT2D eigenvalue weighted by atomic mass is 35.5. The van der Waals surface area contributed by atoms with E-state index in [1.165, 1.54) is 19.3 Å². The number of hydrogen-bond acceptors (Lipinski definition) is 4. The zero-order valence-electron chi connectivity index (χ0n) is 10.1. The minimum absolute atomic E-state index is 0.362. The van der Waals surface area contributed by atoms with Crippen LogP contribution in [-0.2, 0) is 0 Å². The van der Waals surface area contributed by atoms with Crippen molar-refractivity contribution in [2.24, 2.45) is 0 Å². The van der Waals surface area contributed by atoms with Crippen LogP contribution in [0.3, 0.4) is 0 Å². The topological polar surface area (TPSA) is 38.2 Å². The first-order valence-corrected chi connectivity index (χ1v) is 6.57. The van der Waals surface area contributed by atoms with Gasteiger partial charge >= 0.3 is 0 Å². The number of hydrogen-bond donors (Lipinski definition) is 0. The van der Waals surface area contributed by atoms with Gasteiger partial charge in [0.05, 0.1) is 19.5 Å². The molecule has 1 unspecified atom stereocenters. The molecule has 0 amide bonds. The first-order chi connectivity index (χ1) is 8.35. The van der Waals surface area contributed by atoms with E-state index in [0.29, 0.717) is 17.8 Å². The van der Waals surface area contributed by atoms with Gasteiger partial charge in [0.2, 0.25) is 5.88 Å². The Morgan fingerprint density at radius 3 is 3.06 bits per heavy atom. The van der Waals surface area contributed by atoms with Crippen LogP contribution >= 0.6 is 11.6 Å². The normalized spacial score (nSPS) is 21.1. The summed E-state index contributed by atoms with van der Waals surface area (Å²) in [6.07, 6.45) is 8.23. The summed E-state index contributed by atoms with van der Waals surface area (Å²) in [5.74, 6) is 2.07. The highest BCUT2D eigenvalue weighted by molar-refractivity contribution is 6.18. The molecule has 0 saturated carbocycles. The molecule has 1 fully saturated rings. The first kappa shape index (κ1) is 12.4. The van der Waals surface area contributed by atoms with Crippen LogP contribution in [0.15, 0.2) is 12.4 Å². The molecule has 0 aromatic carbocycles. The van der Waals surface area contributed by atoms with Gasteiger partial charge in [-0.2, -0.15) is 4.98 Å². The van der Waals surface area contributed by atoms with Gasteiger partial charge in [-0.25, -0.2) is 0 Å². The second kappa shape index (κ2) is 6.05. The van der Waals surface area contributed by atoms with E-state index in [9.17, 15) is 0 Å². The number of anilines is 1. The predicted molar refractivity (Wildman–Crippen MR) is 68.9 cm³/mol. The van der Waals surface area contributed by atoms with Crippen LogP contribution in [0.2, 0.25) is 0 Å². The smallest absolute Gasteiger partial charge is 0.233 e. The van der Waals surface area contributed by atoms with Gasteiger partial charge in [-0.15, -0.1) is 11.6 Å². The molecule has 1 aliphatic rings. The molecule has 2 rings (SSSR count). The number of nitrogens with zero attached hydrogens (tertiary/aromatic N) is 3. The predicted octanol–water partition coefficient (Wildman–Crippen LogP) is 2.47. The third-order valence-electron chi connectivity index (χ3n) is 3.16. The SMILES string of the molecule is COc1cncc(N2CCCCCC2CCl)n1. The number of rotatable bonds is 3. The van der Waals surface area contributed by atoms with Crippen LogP contribution in [0.5, 0.6) is 5.88 Å². The molecule has 5 heteroatoms. The summed E-state index contributed by atoms with van der Waals surface area (Å²) in [5.41, 5.74) is 0. The Morgan fingerprint density at radius 1 is 1.41 bits per heavy atom. The van der Waals surface area contributed by atoms with Crippen molar-refractivity contribution in [3.63, 3.8) is 0 Å². The zero-order valence-corrected chi connectivity index (χ0v) is 10.9. The van der Waals surface area contributed by atoms with Crippen molar-refractivity contribution in [3.05, 3.63) is 12.4 Å². The zero-order chi connectivity index (χ0) is 12.1. The number of ether oxygens (including phenoxy) is 1. The Labute approximate surface area is 107 Å². The van der Waals surface area contributed by atoms with Crippen LogP contribution in [-0.4, -0.2) is 35.5 Å². The van der Waals surface area contributed by atoms with Gasteiger partial charge in [0.15, 0.2) is 5.82 Å². The maximum atomic E-state index is 6.05.